The maximum Gasteiger partial charge on any atom is 0.236 e. The lowest BCUT2D eigenvalue weighted by Gasteiger charge is -2.38. The first kappa shape index (κ1) is 22.7. The number of halogens is 2. The van der Waals surface area contributed by atoms with Crippen LogP contribution in [0.15, 0.2) is 34.9 Å². The maximum absolute atomic E-state index is 12.9. The van der Waals surface area contributed by atoms with E-state index in [1.165, 1.54) is 22.4 Å². The van der Waals surface area contributed by atoms with Crippen LogP contribution >= 0.6 is 39.3 Å². The lowest BCUT2D eigenvalue weighted by molar-refractivity contribution is -0.133. The van der Waals surface area contributed by atoms with Crippen LogP contribution < -0.4 is 0 Å². The Bertz CT molecular complexity index is 936. The third-order valence-corrected chi connectivity index (χ3v) is 8.80. The van der Waals surface area contributed by atoms with Crippen LogP contribution in [0.2, 0.25) is 5.02 Å². The Kier molecular flexibility index (Phi) is 7.12. The van der Waals surface area contributed by atoms with E-state index in [9.17, 15) is 4.79 Å². The highest BCUT2D eigenvalue weighted by molar-refractivity contribution is 9.10. The Morgan fingerprint density at radius 1 is 1.09 bits per heavy atom. The monoisotopic (exact) mass is 533 g/mol. The fourth-order valence-corrected chi connectivity index (χ4v) is 7.04. The highest BCUT2D eigenvalue weighted by Gasteiger charge is 2.35. The van der Waals surface area contributed by atoms with Crippen LogP contribution in [0, 0.1) is 5.92 Å². The molecule has 0 spiro atoms. The molecule has 2 fully saturated rings. The molecule has 2 saturated heterocycles. The van der Waals surface area contributed by atoms with E-state index in [0.717, 1.165) is 72.9 Å². The van der Waals surface area contributed by atoms with Gasteiger partial charge in [0.2, 0.25) is 5.91 Å². The molecule has 3 heterocycles. The van der Waals surface area contributed by atoms with Crippen LogP contribution in [0.5, 0.6) is 0 Å². The first-order valence-corrected chi connectivity index (χ1v) is 13.9. The van der Waals surface area contributed by atoms with Crippen molar-refractivity contribution in [1.29, 1.82) is 0 Å². The summed E-state index contributed by atoms with van der Waals surface area (Å²) >= 11 is 12.0. The van der Waals surface area contributed by atoms with E-state index in [1.807, 2.05) is 24.0 Å². The van der Waals surface area contributed by atoms with Crippen LogP contribution in [0.25, 0.3) is 0 Å². The number of rotatable bonds is 3. The topological polar surface area (TPSA) is 36.4 Å². The molecule has 3 aliphatic rings. The molecule has 1 aromatic carbocycles. The second kappa shape index (κ2) is 10.0. The second-order valence-corrected chi connectivity index (χ2v) is 11.7. The number of piperidine rings is 1. The normalized spacial score (nSPS) is 22.2. The van der Waals surface area contributed by atoms with Crippen LogP contribution in [0.4, 0.5) is 0 Å². The van der Waals surface area contributed by atoms with Crippen molar-refractivity contribution < 1.29 is 4.79 Å². The summed E-state index contributed by atoms with van der Waals surface area (Å²) in [6.45, 7) is 4.34. The third-order valence-electron chi connectivity index (χ3n) is 7.19. The minimum absolute atomic E-state index is 0.268. The fraction of sp³-hybridized carbons (Fsp3) is 0.520. The lowest BCUT2D eigenvalue weighted by Crippen LogP contribution is -2.46. The van der Waals surface area contributed by atoms with E-state index >= 15 is 0 Å². The van der Waals surface area contributed by atoms with Crippen LogP contribution in [0.3, 0.4) is 0 Å². The molecule has 0 N–H and O–H groups in total. The molecule has 1 aliphatic carbocycles. The van der Waals surface area contributed by atoms with Gasteiger partial charge in [0.25, 0.3) is 0 Å². The summed E-state index contributed by atoms with van der Waals surface area (Å²) in [6, 6.07) is 8.61. The summed E-state index contributed by atoms with van der Waals surface area (Å²) < 4.78 is 1.04. The molecule has 5 rings (SSSR count). The van der Waals surface area contributed by atoms with Gasteiger partial charge in [-0.1, -0.05) is 17.7 Å². The quantitative estimate of drug-likeness (QED) is 0.554. The highest BCUT2D eigenvalue weighted by Crippen LogP contribution is 2.43. The molecule has 1 aromatic heterocycles. The van der Waals surface area contributed by atoms with E-state index in [4.69, 9.17) is 16.6 Å². The van der Waals surface area contributed by atoms with Gasteiger partial charge in [0.05, 0.1) is 12.2 Å². The number of thioether (sulfide) groups is 1. The minimum Gasteiger partial charge on any atom is -0.342 e. The Hall–Kier alpha value is -1.08. The average Bonchev–Trinajstić information content (AvgIpc) is 2.96. The predicted molar refractivity (Wildman–Crippen MR) is 136 cm³/mol. The number of hydrogen-bond donors (Lipinski definition) is 0. The third kappa shape index (κ3) is 4.89. The number of nitrogens with zero attached hydrogens (tertiary/aromatic N) is 3. The first-order valence-electron chi connectivity index (χ1n) is 11.6. The second-order valence-electron chi connectivity index (χ2n) is 9.13. The Morgan fingerprint density at radius 3 is 2.62 bits per heavy atom. The Balaban J connectivity index is 1.35. The Morgan fingerprint density at radius 2 is 1.84 bits per heavy atom. The van der Waals surface area contributed by atoms with Gasteiger partial charge < -0.3 is 4.90 Å². The van der Waals surface area contributed by atoms with Gasteiger partial charge in [-0.15, -0.1) is 0 Å². The zero-order valence-corrected chi connectivity index (χ0v) is 21.4. The average molecular weight is 535 g/mol. The number of aryl methyl sites for hydroxylation is 2. The molecular formula is C25H29BrClN3OS. The molecule has 1 amide bonds. The zero-order valence-electron chi connectivity index (χ0n) is 18.2. The van der Waals surface area contributed by atoms with Crippen molar-refractivity contribution in [2.75, 3.05) is 44.2 Å². The number of carbonyl (C=O) groups excluding carboxylic acids is 1. The molecule has 7 heteroatoms. The molecule has 170 valence electrons. The van der Waals surface area contributed by atoms with E-state index < -0.39 is 0 Å². The highest BCUT2D eigenvalue weighted by atomic mass is 79.9. The van der Waals surface area contributed by atoms with Crippen molar-refractivity contribution in [3.63, 3.8) is 0 Å². The van der Waals surface area contributed by atoms with Crippen LogP contribution in [-0.4, -0.2) is 64.9 Å². The number of pyridine rings is 1. The molecule has 4 nitrogen and oxygen atoms in total. The summed E-state index contributed by atoms with van der Waals surface area (Å²) in [4.78, 5) is 22.2. The number of benzene rings is 1. The van der Waals surface area contributed by atoms with Gasteiger partial charge in [0, 0.05) is 59.3 Å². The standard InChI is InChI=1S/C25H29BrClN3OS/c26-20-13-19-2-1-18-14-21(27)3-4-22(18)24(25(19)28-15-20)17-5-7-30(8-6-17)23(31)16-29-9-11-32-12-10-29/h3-4,13-15,17,24H,1-2,5-12,16H2. The van der Waals surface area contributed by atoms with Crippen molar-refractivity contribution in [3.05, 3.63) is 62.3 Å². The molecule has 1 unspecified atom stereocenters. The fourth-order valence-electron chi connectivity index (χ4n) is 5.49. The largest absolute Gasteiger partial charge is 0.342 e. The van der Waals surface area contributed by atoms with E-state index in [2.05, 4.69) is 43.9 Å². The van der Waals surface area contributed by atoms with Gasteiger partial charge in [-0.3, -0.25) is 14.7 Å². The molecule has 0 radical (unpaired) electrons. The van der Waals surface area contributed by atoms with Crippen molar-refractivity contribution in [2.24, 2.45) is 5.92 Å². The molecule has 2 aromatic rings. The summed E-state index contributed by atoms with van der Waals surface area (Å²) in [5.41, 5.74) is 5.26. The number of hydrogen-bond acceptors (Lipinski definition) is 4. The van der Waals surface area contributed by atoms with Gasteiger partial charge in [-0.2, -0.15) is 11.8 Å². The number of amides is 1. The molecule has 0 saturated carbocycles. The van der Waals surface area contributed by atoms with E-state index in [-0.39, 0.29) is 5.92 Å². The SMILES string of the molecule is O=C(CN1CCSCC1)N1CCC(C2c3ccc(Cl)cc3CCc3cc(Br)cnc32)CC1. The van der Waals surface area contributed by atoms with Crippen LogP contribution in [0.1, 0.15) is 41.1 Å². The summed E-state index contributed by atoms with van der Waals surface area (Å²) in [5, 5.41) is 0.805. The predicted octanol–water partition coefficient (Wildman–Crippen LogP) is 5.02. The van der Waals surface area contributed by atoms with Crippen molar-refractivity contribution in [2.45, 2.75) is 31.6 Å². The molecule has 2 aliphatic heterocycles. The van der Waals surface area contributed by atoms with Gasteiger partial charge in [-0.25, -0.2) is 0 Å². The molecule has 0 bridgehead atoms. The van der Waals surface area contributed by atoms with Gasteiger partial charge in [0.15, 0.2) is 0 Å². The Labute approximate surface area is 208 Å². The zero-order chi connectivity index (χ0) is 22.1. The van der Waals surface area contributed by atoms with Gasteiger partial charge in [-0.05, 0) is 82.4 Å². The number of fused-ring (bicyclic) bond motifs is 2. The summed E-state index contributed by atoms with van der Waals surface area (Å²) in [6.07, 6.45) is 5.94. The van der Waals surface area contributed by atoms with Crippen LogP contribution in [-0.2, 0) is 17.6 Å². The minimum atomic E-state index is 0.268. The van der Waals surface area contributed by atoms with E-state index in [0.29, 0.717) is 18.4 Å². The lowest BCUT2D eigenvalue weighted by atomic mass is 9.76. The number of likely N-dealkylation sites (tertiary alicyclic amines) is 1. The smallest absolute Gasteiger partial charge is 0.236 e. The summed E-state index contributed by atoms with van der Waals surface area (Å²) in [7, 11) is 0. The summed E-state index contributed by atoms with van der Waals surface area (Å²) in [5.74, 6) is 3.33. The van der Waals surface area contributed by atoms with Crippen molar-refractivity contribution in [1.82, 2.24) is 14.8 Å². The number of aromatic nitrogens is 1. The number of carbonyl (C=O) groups is 1. The molecular weight excluding hydrogens is 506 g/mol. The van der Waals surface area contributed by atoms with Crippen molar-refractivity contribution in [3.8, 4) is 0 Å². The van der Waals surface area contributed by atoms with Gasteiger partial charge in [0.1, 0.15) is 0 Å². The van der Waals surface area contributed by atoms with Gasteiger partial charge >= 0.3 is 0 Å². The maximum atomic E-state index is 12.9. The first-order chi connectivity index (χ1) is 15.6. The van der Waals surface area contributed by atoms with E-state index in [1.54, 1.807) is 0 Å². The van der Waals surface area contributed by atoms with Crippen molar-refractivity contribution >= 4 is 45.2 Å². The molecule has 32 heavy (non-hydrogen) atoms. The molecule has 1 atom stereocenters.